The maximum absolute atomic E-state index is 11.6. The van der Waals surface area contributed by atoms with E-state index in [0.29, 0.717) is 10.8 Å². The van der Waals surface area contributed by atoms with E-state index in [4.69, 9.17) is 4.74 Å². The molecule has 0 aromatic heterocycles. The van der Waals surface area contributed by atoms with E-state index in [1.54, 1.807) is 12.1 Å². The third kappa shape index (κ3) is 3.81. The molecule has 0 radical (unpaired) electrons. The first-order valence-electron chi connectivity index (χ1n) is 7.43. The lowest BCUT2D eigenvalue weighted by Crippen LogP contribution is -2.36. The fourth-order valence-corrected chi connectivity index (χ4v) is 2.30. The van der Waals surface area contributed by atoms with Gasteiger partial charge in [0.05, 0.1) is 5.69 Å². The van der Waals surface area contributed by atoms with Gasteiger partial charge >= 0.3 is 6.03 Å². The normalized spacial score (nSPS) is 10.3. The Morgan fingerprint density at radius 2 is 1.78 bits per heavy atom. The molecule has 0 aliphatic heterocycles. The summed E-state index contributed by atoms with van der Waals surface area (Å²) in [7, 11) is 1.46. The Balaban J connectivity index is 2.22. The summed E-state index contributed by atoms with van der Waals surface area (Å²) in [6.07, 6.45) is 0. The summed E-state index contributed by atoms with van der Waals surface area (Å²) in [6, 6.07) is 10.6. The number of carbonyl (C=O) groups is 1. The average Bonchev–Trinajstić information content (AvgIpc) is 2.55. The summed E-state index contributed by atoms with van der Waals surface area (Å²) < 4.78 is 5.89. The Bertz CT molecular complexity index is 713. The maximum Gasteiger partial charge on any atom is 0.345 e. The number of hydrogen-bond acceptors (Lipinski definition) is 3. The number of aryl methyl sites for hydroxylation is 3. The summed E-state index contributed by atoms with van der Waals surface area (Å²) in [5, 5.41) is 12.9. The zero-order chi connectivity index (χ0) is 17.0. The minimum atomic E-state index is -0.597. The second kappa shape index (κ2) is 7.15. The van der Waals surface area contributed by atoms with E-state index in [2.05, 4.69) is 18.3 Å². The largest absolute Gasteiger partial charge is 0.489 e. The van der Waals surface area contributed by atoms with E-state index in [0.717, 1.165) is 22.4 Å². The lowest BCUT2D eigenvalue weighted by Gasteiger charge is -2.19. The molecule has 5 heteroatoms. The van der Waals surface area contributed by atoms with Crippen molar-refractivity contribution in [1.29, 1.82) is 0 Å². The molecule has 0 saturated heterocycles. The van der Waals surface area contributed by atoms with Gasteiger partial charge in [0.25, 0.3) is 0 Å². The van der Waals surface area contributed by atoms with Crippen molar-refractivity contribution in [3.8, 4) is 5.75 Å². The molecule has 0 fully saturated rings. The lowest BCUT2D eigenvalue weighted by molar-refractivity contribution is 0.205. The Hall–Kier alpha value is -2.53. The predicted octanol–water partition coefficient (Wildman–Crippen LogP) is 3.73. The fraction of sp³-hybridized carbons (Fsp3) is 0.278. The first kappa shape index (κ1) is 16.8. The fourth-order valence-electron chi connectivity index (χ4n) is 2.30. The lowest BCUT2D eigenvalue weighted by atomic mass is 10.1. The molecule has 5 nitrogen and oxygen atoms in total. The predicted molar refractivity (Wildman–Crippen MR) is 90.1 cm³/mol. The van der Waals surface area contributed by atoms with E-state index in [1.807, 2.05) is 32.0 Å². The van der Waals surface area contributed by atoms with Crippen LogP contribution < -0.4 is 15.1 Å². The number of nitrogens with zero attached hydrogens (tertiary/aromatic N) is 1. The van der Waals surface area contributed by atoms with E-state index in [9.17, 15) is 10.0 Å². The number of nitrogens with one attached hydrogen (secondary N) is 1. The van der Waals surface area contributed by atoms with Crippen molar-refractivity contribution in [2.45, 2.75) is 27.4 Å². The number of anilines is 1. The van der Waals surface area contributed by atoms with E-state index in [1.165, 1.54) is 12.6 Å². The van der Waals surface area contributed by atoms with Crippen molar-refractivity contribution >= 4 is 11.7 Å². The minimum absolute atomic E-state index is 0.258. The van der Waals surface area contributed by atoms with Crippen LogP contribution in [0, 0.1) is 20.8 Å². The second-order valence-corrected chi connectivity index (χ2v) is 5.49. The van der Waals surface area contributed by atoms with Crippen molar-refractivity contribution in [1.82, 2.24) is 5.32 Å². The highest BCUT2D eigenvalue weighted by Crippen LogP contribution is 2.25. The van der Waals surface area contributed by atoms with Crippen molar-refractivity contribution in [3.63, 3.8) is 0 Å². The third-order valence-electron chi connectivity index (χ3n) is 3.80. The maximum atomic E-state index is 11.6. The van der Waals surface area contributed by atoms with Crippen LogP contribution in [0.15, 0.2) is 36.4 Å². The Labute approximate surface area is 136 Å². The number of ether oxygens (including phenoxy) is 1. The topological polar surface area (TPSA) is 61.8 Å². The summed E-state index contributed by atoms with van der Waals surface area (Å²) in [5.74, 6) is 0.798. The molecule has 2 rings (SSSR count). The molecule has 0 bridgehead atoms. The van der Waals surface area contributed by atoms with Crippen LogP contribution >= 0.6 is 0 Å². The van der Waals surface area contributed by atoms with Gasteiger partial charge in [0.1, 0.15) is 12.4 Å². The summed E-state index contributed by atoms with van der Waals surface area (Å²) in [6.45, 7) is 6.36. The molecule has 0 aliphatic rings. The smallest absolute Gasteiger partial charge is 0.345 e. The van der Waals surface area contributed by atoms with Crippen molar-refractivity contribution in [2.75, 3.05) is 12.1 Å². The van der Waals surface area contributed by atoms with Gasteiger partial charge in [-0.15, -0.1) is 0 Å². The van der Waals surface area contributed by atoms with E-state index in [-0.39, 0.29) is 6.61 Å². The van der Waals surface area contributed by atoms with Crippen LogP contribution in [-0.2, 0) is 6.61 Å². The second-order valence-electron chi connectivity index (χ2n) is 5.49. The number of hydrogen-bond donors (Lipinski definition) is 2. The average molecular weight is 314 g/mol. The number of para-hydroxylation sites is 1. The molecule has 2 aromatic rings. The molecule has 0 atom stereocenters. The van der Waals surface area contributed by atoms with Crippen molar-refractivity contribution in [2.24, 2.45) is 0 Å². The zero-order valence-electron chi connectivity index (χ0n) is 13.9. The molecule has 23 heavy (non-hydrogen) atoms. The number of hydroxylamine groups is 1. The van der Waals surface area contributed by atoms with E-state index >= 15 is 0 Å². The molecule has 0 heterocycles. The monoisotopic (exact) mass is 314 g/mol. The molecule has 0 unspecified atom stereocenters. The highest BCUT2D eigenvalue weighted by Gasteiger charge is 2.15. The van der Waals surface area contributed by atoms with Crippen molar-refractivity contribution < 1.29 is 14.7 Å². The Kier molecular flexibility index (Phi) is 5.24. The Morgan fingerprint density at radius 3 is 2.48 bits per heavy atom. The van der Waals surface area contributed by atoms with Crippen LogP contribution in [0.3, 0.4) is 0 Å². The Morgan fingerprint density at radius 1 is 1.13 bits per heavy atom. The summed E-state index contributed by atoms with van der Waals surface area (Å²) in [5.41, 5.74) is 4.55. The van der Waals surface area contributed by atoms with Gasteiger partial charge in [-0.25, -0.2) is 4.79 Å². The highest BCUT2D eigenvalue weighted by molar-refractivity contribution is 5.90. The van der Waals surface area contributed by atoms with Gasteiger partial charge in [0.2, 0.25) is 0 Å². The number of urea groups is 1. The minimum Gasteiger partial charge on any atom is -0.489 e. The molecular weight excluding hydrogens is 292 g/mol. The molecule has 2 amide bonds. The van der Waals surface area contributed by atoms with Gasteiger partial charge in [-0.1, -0.05) is 24.3 Å². The van der Waals surface area contributed by atoms with Crippen LogP contribution in [0.5, 0.6) is 5.75 Å². The van der Waals surface area contributed by atoms with E-state index < -0.39 is 6.03 Å². The van der Waals surface area contributed by atoms with Crippen LogP contribution in [0.2, 0.25) is 0 Å². The third-order valence-corrected chi connectivity index (χ3v) is 3.80. The summed E-state index contributed by atoms with van der Waals surface area (Å²) in [4.78, 5) is 11.6. The van der Waals surface area contributed by atoms with Crippen molar-refractivity contribution in [3.05, 3.63) is 58.7 Å². The molecule has 2 N–H and O–H groups in total. The molecule has 0 aliphatic carbocycles. The van der Waals surface area contributed by atoms with Crippen LogP contribution in [0.4, 0.5) is 10.5 Å². The number of amides is 2. The van der Waals surface area contributed by atoms with Gasteiger partial charge in [0.15, 0.2) is 0 Å². The molecule has 122 valence electrons. The van der Waals surface area contributed by atoms with Gasteiger partial charge in [0, 0.05) is 12.6 Å². The summed E-state index contributed by atoms with van der Waals surface area (Å²) >= 11 is 0. The number of benzene rings is 2. The highest BCUT2D eigenvalue weighted by atomic mass is 16.5. The van der Waals surface area contributed by atoms with Gasteiger partial charge in [-0.05, 0) is 49.6 Å². The molecular formula is C18H22N2O3. The molecule has 2 aromatic carbocycles. The molecule has 0 spiro atoms. The zero-order valence-corrected chi connectivity index (χ0v) is 13.9. The van der Waals surface area contributed by atoms with Crippen LogP contribution in [0.25, 0.3) is 0 Å². The number of carbonyl (C=O) groups excluding carboxylic acids is 1. The quantitative estimate of drug-likeness (QED) is 0.668. The molecule has 0 saturated carbocycles. The van der Waals surface area contributed by atoms with Crippen LogP contribution in [-0.4, -0.2) is 18.3 Å². The first-order chi connectivity index (χ1) is 10.9. The van der Waals surface area contributed by atoms with Gasteiger partial charge in [-0.2, -0.15) is 5.06 Å². The van der Waals surface area contributed by atoms with Gasteiger partial charge < -0.3 is 10.1 Å². The first-order valence-corrected chi connectivity index (χ1v) is 7.43. The SMILES string of the molecule is CNC(=O)N(O)c1ccccc1COc1cc(C)c(C)cc1C. The van der Waals surface area contributed by atoms with Gasteiger partial charge in [-0.3, -0.25) is 5.21 Å². The number of rotatable bonds is 4. The van der Waals surface area contributed by atoms with Crippen LogP contribution in [0.1, 0.15) is 22.3 Å². The standard InChI is InChI=1S/C18H22N2O3/c1-12-9-14(3)17(10-13(12)2)23-11-15-7-5-6-8-16(15)20(22)18(21)19-4/h5-10,22H,11H2,1-4H3,(H,19,21).